The minimum absolute atomic E-state index is 0.185. The summed E-state index contributed by atoms with van der Waals surface area (Å²) in [5.41, 5.74) is -1.12. The number of ether oxygens (including phenoxy) is 2. The molecule has 1 amide bonds. The molecule has 2 atom stereocenters. The van der Waals surface area contributed by atoms with E-state index in [1.807, 2.05) is 41.5 Å². The van der Waals surface area contributed by atoms with Crippen LogP contribution in [-0.4, -0.2) is 40.8 Å². The van der Waals surface area contributed by atoms with Gasteiger partial charge in [-0.3, -0.25) is 4.90 Å². The van der Waals surface area contributed by atoms with E-state index >= 15 is 0 Å². The van der Waals surface area contributed by atoms with Crippen LogP contribution in [0.5, 0.6) is 0 Å². The monoisotopic (exact) mass is 325 g/mol. The van der Waals surface area contributed by atoms with Crippen LogP contribution in [0.1, 0.15) is 67.2 Å². The minimum Gasteiger partial charge on any atom is -0.458 e. The zero-order chi connectivity index (χ0) is 17.4. The molecule has 1 saturated carbocycles. The van der Waals surface area contributed by atoms with Crippen molar-refractivity contribution in [1.82, 2.24) is 4.90 Å². The smallest absolute Gasteiger partial charge is 0.411 e. The van der Waals surface area contributed by atoms with E-state index in [1.54, 1.807) is 4.90 Å². The van der Waals surface area contributed by atoms with E-state index < -0.39 is 23.3 Å². The molecule has 0 aromatic carbocycles. The lowest BCUT2D eigenvalue weighted by atomic mass is 9.94. The lowest BCUT2D eigenvalue weighted by Gasteiger charge is -2.31. The first-order valence-corrected chi connectivity index (χ1v) is 8.69. The molecule has 0 aromatic rings. The van der Waals surface area contributed by atoms with Gasteiger partial charge in [0.25, 0.3) is 0 Å². The van der Waals surface area contributed by atoms with Crippen molar-refractivity contribution in [3.63, 3.8) is 0 Å². The third kappa shape index (κ3) is 5.40. The Labute approximate surface area is 139 Å². The first kappa shape index (κ1) is 18.1. The summed E-state index contributed by atoms with van der Waals surface area (Å²) in [4.78, 5) is 26.7. The Bertz CT molecular complexity index is 457. The normalized spacial score (nSPS) is 25.4. The molecule has 0 bridgehead atoms. The van der Waals surface area contributed by atoms with E-state index in [0.29, 0.717) is 12.5 Å². The molecule has 1 aliphatic carbocycles. The van der Waals surface area contributed by atoms with Crippen molar-refractivity contribution in [2.24, 2.45) is 11.8 Å². The fraction of sp³-hybridized carbons (Fsp3) is 0.889. The van der Waals surface area contributed by atoms with Crippen LogP contribution < -0.4 is 0 Å². The second-order valence-electron chi connectivity index (χ2n) is 8.88. The lowest BCUT2D eigenvalue weighted by Crippen LogP contribution is -2.47. The zero-order valence-electron chi connectivity index (χ0n) is 15.3. The molecule has 0 N–H and O–H groups in total. The summed E-state index contributed by atoms with van der Waals surface area (Å²) in [5.74, 6) is 0.597. The molecule has 132 valence electrons. The summed E-state index contributed by atoms with van der Waals surface area (Å²) in [5, 5.41) is 0. The van der Waals surface area contributed by atoms with Gasteiger partial charge in [-0.15, -0.1) is 0 Å². The number of hydrogen-bond donors (Lipinski definition) is 0. The number of esters is 1. The largest absolute Gasteiger partial charge is 0.458 e. The number of rotatable bonds is 3. The van der Waals surface area contributed by atoms with E-state index in [2.05, 4.69) is 0 Å². The van der Waals surface area contributed by atoms with E-state index in [-0.39, 0.29) is 11.9 Å². The maximum Gasteiger partial charge on any atom is 0.411 e. The molecular weight excluding hydrogens is 294 g/mol. The number of likely N-dealkylation sites (tertiary alicyclic amines) is 1. The van der Waals surface area contributed by atoms with Crippen LogP contribution in [0.2, 0.25) is 0 Å². The number of carbonyl (C=O) groups excluding carboxylic acids is 2. The van der Waals surface area contributed by atoms with Gasteiger partial charge < -0.3 is 9.47 Å². The maximum atomic E-state index is 12.7. The van der Waals surface area contributed by atoms with Crippen LogP contribution in [0.25, 0.3) is 0 Å². The summed E-state index contributed by atoms with van der Waals surface area (Å²) in [6.45, 7) is 11.6. The van der Waals surface area contributed by atoms with Crippen LogP contribution in [0, 0.1) is 11.8 Å². The molecule has 5 heteroatoms. The molecule has 5 nitrogen and oxygen atoms in total. The van der Waals surface area contributed by atoms with Crippen LogP contribution in [0.4, 0.5) is 4.79 Å². The summed E-state index contributed by atoms with van der Waals surface area (Å²) < 4.78 is 11.1. The highest BCUT2D eigenvalue weighted by Crippen LogP contribution is 2.41. The van der Waals surface area contributed by atoms with E-state index in [9.17, 15) is 9.59 Å². The van der Waals surface area contributed by atoms with Gasteiger partial charge >= 0.3 is 12.1 Å². The second-order valence-corrected chi connectivity index (χ2v) is 8.88. The molecule has 2 aliphatic rings. The molecule has 1 heterocycles. The molecule has 1 aliphatic heterocycles. The Morgan fingerprint density at radius 3 is 2.00 bits per heavy atom. The van der Waals surface area contributed by atoms with Gasteiger partial charge in [0.05, 0.1) is 0 Å². The molecule has 0 aromatic heterocycles. The minimum atomic E-state index is -0.565. The zero-order valence-corrected chi connectivity index (χ0v) is 15.3. The van der Waals surface area contributed by atoms with Crippen LogP contribution >= 0.6 is 0 Å². The Morgan fingerprint density at radius 2 is 1.52 bits per heavy atom. The third-order valence-corrected chi connectivity index (χ3v) is 4.13. The van der Waals surface area contributed by atoms with Crippen molar-refractivity contribution in [2.75, 3.05) is 6.54 Å². The Balaban J connectivity index is 2.12. The van der Waals surface area contributed by atoms with E-state index in [0.717, 1.165) is 12.8 Å². The van der Waals surface area contributed by atoms with Crippen molar-refractivity contribution < 1.29 is 19.1 Å². The van der Waals surface area contributed by atoms with Crippen LogP contribution in [0.3, 0.4) is 0 Å². The highest BCUT2D eigenvalue weighted by atomic mass is 16.6. The number of nitrogens with zero attached hydrogens (tertiary/aromatic N) is 1. The van der Waals surface area contributed by atoms with Gasteiger partial charge in [0, 0.05) is 6.54 Å². The van der Waals surface area contributed by atoms with Crippen molar-refractivity contribution in [3.05, 3.63) is 0 Å². The van der Waals surface area contributed by atoms with Crippen molar-refractivity contribution >= 4 is 12.1 Å². The standard InChI is InChI=1S/C18H31NO4/c1-17(2,3)22-15(20)14-13(11-12-7-8-12)9-10-19(14)16(21)23-18(4,5)6/h12-14H,7-11H2,1-6H3/t13-,14+/m1/s1. The van der Waals surface area contributed by atoms with Gasteiger partial charge in [-0.1, -0.05) is 12.8 Å². The first-order valence-electron chi connectivity index (χ1n) is 8.69. The number of amides is 1. The van der Waals surface area contributed by atoms with Gasteiger partial charge in [-0.05, 0) is 66.2 Å². The topological polar surface area (TPSA) is 55.8 Å². The van der Waals surface area contributed by atoms with Crippen molar-refractivity contribution in [2.45, 2.75) is 84.5 Å². The number of hydrogen-bond acceptors (Lipinski definition) is 4. The summed E-state index contributed by atoms with van der Waals surface area (Å²) in [7, 11) is 0. The number of carbonyl (C=O) groups is 2. The predicted octanol–water partition coefficient (Wildman–Crippen LogP) is 3.75. The molecule has 0 radical (unpaired) electrons. The van der Waals surface area contributed by atoms with E-state index in [1.165, 1.54) is 12.8 Å². The lowest BCUT2D eigenvalue weighted by molar-refractivity contribution is -0.161. The summed E-state index contributed by atoms with van der Waals surface area (Å²) in [6.07, 6.45) is 3.92. The second kappa shape index (κ2) is 6.33. The predicted molar refractivity (Wildman–Crippen MR) is 88.0 cm³/mol. The van der Waals surface area contributed by atoms with Gasteiger partial charge in [0.2, 0.25) is 0 Å². The third-order valence-electron chi connectivity index (χ3n) is 4.13. The average Bonchev–Trinajstić information content (AvgIpc) is 3.01. The van der Waals surface area contributed by atoms with Gasteiger partial charge in [-0.25, -0.2) is 9.59 Å². The van der Waals surface area contributed by atoms with Crippen molar-refractivity contribution in [1.29, 1.82) is 0 Å². The fourth-order valence-corrected chi connectivity index (χ4v) is 3.09. The maximum absolute atomic E-state index is 12.7. The van der Waals surface area contributed by atoms with E-state index in [4.69, 9.17) is 9.47 Å². The van der Waals surface area contributed by atoms with Crippen LogP contribution in [0.15, 0.2) is 0 Å². The highest BCUT2D eigenvalue weighted by Gasteiger charge is 2.46. The molecule has 0 unspecified atom stereocenters. The highest BCUT2D eigenvalue weighted by molar-refractivity contribution is 5.83. The molecule has 1 saturated heterocycles. The Morgan fingerprint density at radius 1 is 0.957 bits per heavy atom. The average molecular weight is 325 g/mol. The molecule has 23 heavy (non-hydrogen) atoms. The molecule has 2 fully saturated rings. The SMILES string of the molecule is CC(C)(C)OC(=O)[C@@H]1[C@@H](CC2CC2)CCN1C(=O)OC(C)(C)C. The fourth-order valence-electron chi connectivity index (χ4n) is 3.09. The quantitative estimate of drug-likeness (QED) is 0.742. The molecular formula is C18H31NO4. The van der Waals surface area contributed by atoms with Gasteiger partial charge in [0.15, 0.2) is 0 Å². The first-order chi connectivity index (χ1) is 10.5. The summed E-state index contributed by atoms with van der Waals surface area (Å²) >= 11 is 0. The molecule has 0 spiro atoms. The Kier molecular flexibility index (Phi) is 4.97. The summed E-state index contributed by atoms with van der Waals surface area (Å²) in [6, 6.07) is -0.510. The van der Waals surface area contributed by atoms with Crippen molar-refractivity contribution in [3.8, 4) is 0 Å². The molecule has 2 rings (SSSR count). The Hall–Kier alpha value is -1.26. The van der Waals surface area contributed by atoms with Crippen LogP contribution in [-0.2, 0) is 14.3 Å². The van der Waals surface area contributed by atoms with Gasteiger partial charge in [-0.2, -0.15) is 0 Å². The van der Waals surface area contributed by atoms with Gasteiger partial charge in [0.1, 0.15) is 17.2 Å².